The van der Waals surface area contributed by atoms with E-state index in [2.05, 4.69) is 10.6 Å². The van der Waals surface area contributed by atoms with Gasteiger partial charge in [0, 0.05) is 0 Å². The first-order valence-corrected chi connectivity index (χ1v) is 14.1. The maximum atomic E-state index is 12.8. The predicted molar refractivity (Wildman–Crippen MR) is 144 cm³/mol. The van der Waals surface area contributed by atoms with Gasteiger partial charge in [-0.3, -0.25) is 0 Å². The molecule has 0 aromatic heterocycles. The lowest BCUT2D eigenvalue weighted by Gasteiger charge is -2.15. The van der Waals surface area contributed by atoms with E-state index in [0.29, 0.717) is 0 Å². The highest BCUT2D eigenvalue weighted by Crippen LogP contribution is 2.30. The Kier molecular flexibility index (Phi) is 7.70. The molecule has 4 rings (SSSR count). The highest BCUT2D eigenvalue weighted by molar-refractivity contribution is 7.87. The van der Waals surface area contributed by atoms with Crippen LogP contribution >= 0.6 is 0 Å². The topological polar surface area (TPSA) is 128 Å². The molecule has 0 spiro atoms. The fourth-order valence-corrected chi connectivity index (χ4v) is 5.37. The molecule has 2 N–H and O–H groups in total. The predicted octanol–water partition coefficient (Wildman–Crippen LogP) is 5.48. The lowest BCUT2D eigenvalue weighted by molar-refractivity contribution is 0.262. The number of para-hydroxylation sites is 4. The first kappa shape index (κ1) is 26.7. The van der Waals surface area contributed by atoms with Crippen molar-refractivity contribution < 1.29 is 30.0 Å². The zero-order valence-electron chi connectivity index (χ0n) is 20.4. The van der Waals surface area contributed by atoms with Crippen molar-refractivity contribution in [2.45, 2.75) is 23.6 Å². The molecule has 0 aliphatic rings. The van der Waals surface area contributed by atoms with Crippen LogP contribution in [0.15, 0.2) is 107 Å². The van der Waals surface area contributed by atoms with E-state index in [9.17, 15) is 21.6 Å². The molecule has 4 aromatic carbocycles. The van der Waals surface area contributed by atoms with Gasteiger partial charge in [-0.25, -0.2) is 4.79 Å². The smallest absolute Gasteiger partial charge is 0.339 e. The standard InChI is InChI=1S/C27H24N2O7S2/c1-19-14-16-21(17-15-19)37(31,32)35-25-12-5-3-10-23(25)28-27(30)29-24-11-4-6-13-26(24)36-38(33,34)22-9-7-8-20(2)18-22/h3-18H,1-2H3,(H2,28,29,30). The van der Waals surface area contributed by atoms with Gasteiger partial charge in [0.25, 0.3) is 0 Å². The van der Waals surface area contributed by atoms with Crippen molar-refractivity contribution in [1.82, 2.24) is 0 Å². The lowest BCUT2D eigenvalue weighted by atomic mass is 10.2. The number of urea groups is 1. The number of hydrogen-bond donors (Lipinski definition) is 2. The molecular weight excluding hydrogens is 528 g/mol. The van der Waals surface area contributed by atoms with Gasteiger partial charge < -0.3 is 19.0 Å². The second-order valence-corrected chi connectivity index (χ2v) is 11.4. The highest BCUT2D eigenvalue weighted by Gasteiger charge is 2.21. The molecule has 38 heavy (non-hydrogen) atoms. The largest absolute Gasteiger partial charge is 0.377 e. The van der Waals surface area contributed by atoms with Crippen molar-refractivity contribution in [3.8, 4) is 11.5 Å². The minimum atomic E-state index is -4.17. The number of benzene rings is 4. The zero-order valence-corrected chi connectivity index (χ0v) is 22.0. The van der Waals surface area contributed by atoms with E-state index in [0.717, 1.165) is 11.1 Å². The second kappa shape index (κ2) is 11.0. The molecule has 196 valence electrons. The van der Waals surface area contributed by atoms with E-state index in [1.165, 1.54) is 48.5 Å². The van der Waals surface area contributed by atoms with Crippen LogP contribution in [0.4, 0.5) is 16.2 Å². The van der Waals surface area contributed by atoms with Crippen molar-refractivity contribution in [3.63, 3.8) is 0 Å². The molecule has 2 amide bonds. The normalized spacial score (nSPS) is 11.4. The number of aryl methyl sites for hydroxylation is 2. The Hall–Kier alpha value is -4.35. The average Bonchev–Trinajstić information content (AvgIpc) is 2.86. The molecule has 0 saturated carbocycles. The number of rotatable bonds is 8. The summed E-state index contributed by atoms with van der Waals surface area (Å²) in [7, 11) is -8.33. The third-order valence-electron chi connectivity index (χ3n) is 5.26. The monoisotopic (exact) mass is 552 g/mol. The van der Waals surface area contributed by atoms with Crippen molar-refractivity contribution in [2.75, 3.05) is 10.6 Å². The summed E-state index contributed by atoms with van der Waals surface area (Å²) >= 11 is 0. The van der Waals surface area contributed by atoms with Gasteiger partial charge >= 0.3 is 26.3 Å². The summed E-state index contributed by atoms with van der Waals surface area (Å²) in [6, 6.07) is 23.6. The molecule has 0 radical (unpaired) electrons. The number of carbonyl (C=O) groups excluding carboxylic acids is 1. The van der Waals surface area contributed by atoms with Crippen LogP contribution in [0.25, 0.3) is 0 Å². The molecule has 0 bridgehead atoms. The van der Waals surface area contributed by atoms with E-state index in [-0.39, 0.29) is 32.7 Å². The number of nitrogens with one attached hydrogen (secondary N) is 2. The molecule has 0 aliphatic heterocycles. The summed E-state index contributed by atoms with van der Waals surface area (Å²) in [5.74, 6) is -0.203. The fourth-order valence-electron chi connectivity index (χ4n) is 3.37. The Bertz CT molecular complexity index is 1680. The third-order valence-corrected chi connectivity index (χ3v) is 7.74. The van der Waals surface area contributed by atoms with Gasteiger partial charge in [-0.2, -0.15) is 16.8 Å². The first-order valence-electron chi connectivity index (χ1n) is 11.3. The van der Waals surface area contributed by atoms with Gasteiger partial charge in [-0.15, -0.1) is 0 Å². The Morgan fingerprint density at radius 2 is 1.08 bits per heavy atom. The van der Waals surface area contributed by atoms with Crippen LogP contribution in [0, 0.1) is 13.8 Å². The van der Waals surface area contributed by atoms with Crippen LogP contribution < -0.4 is 19.0 Å². The molecule has 0 aliphatic carbocycles. The van der Waals surface area contributed by atoms with Gasteiger partial charge in [0.2, 0.25) is 0 Å². The molecule has 0 atom stereocenters. The zero-order chi connectivity index (χ0) is 27.3. The quantitative estimate of drug-likeness (QED) is 0.277. The maximum absolute atomic E-state index is 12.8. The Balaban J connectivity index is 1.51. The third kappa shape index (κ3) is 6.50. The summed E-state index contributed by atoms with van der Waals surface area (Å²) in [6.07, 6.45) is 0. The molecule has 9 nitrogen and oxygen atoms in total. The van der Waals surface area contributed by atoms with Crippen molar-refractivity contribution in [2.24, 2.45) is 0 Å². The average molecular weight is 553 g/mol. The van der Waals surface area contributed by atoms with Crippen LogP contribution in [0.5, 0.6) is 11.5 Å². The minimum absolute atomic E-state index is 0.0300. The van der Waals surface area contributed by atoms with E-state index in [1.807, 2.05) is 6.92 Å². The maximum Gasteiger partial charge on any atom is 0.339 e. The number of anilines is 2. The molecule has 0 saturated heterocycles. The van der Waals surface area contributed by atoms with Crippen LogP contribution in [0.1, 0.15) is 11.1 Å². The van der Waals surface area contributed by atoms with Crippen LogP contribution in [-0.2, 0) is 20.2 Å². The lowest BCUT2D eigenvalue weighted by Crippen LogP contribution is -2.21. The summed E-state index contributed by atoms with van der Waals surface area (Å²) in [5.41, 5.74) is 1.78. The molecule has 0 fully saturated rings. The number of carbonyl (C=O) groups is 1. The fraction of sp³-hybridized carbons (Fsp3) is 0.0741. The van der Waals surface area contributed by atoms with E-state index >= 15 is 0 Å². The molecule has 0 heterocycles. The van der Waals surface area contributed by atoms with E-state index in [1.54, 1.807) is 55.5 Å². The Labute approximate surface area is 221 Å². The van der Waals surface area contributed by atoms with Crippen molar-refractivity contribution >= 4 is 37.6 Å². The van der Waals surface area contributed by atoms with E-state index < -0.39 is 26.3 Å². The van der Waals surface area contributed by atoms with Gasteiger partial charge in [0.05, 0.1) is 11.4 Å². The molecular formula is C27H24N2O7S2. The Morgan fingerprint density at radius 1 is 0.579 bits per heavy atom. The number of hydrogen-bond acceptors (Lipinski definition) is 7. The van der Waals surface area contributed by atoms with E-state index in [4.69, 9.17) is 8.37 Å². The van der Waals surface area contributed by atoms with Gasteiger partial charge in [0.15, 0.2) is 11.5 Å². The molecule has 11 heteroatoms. The second-order valence-electron chi connectivity index (χ2n) is 8.28. The molecule has 0 unspecified atom stereocenters. The number of amides is 2. The van der Waals surface area contributed by atoms with Crippen LogP contribution in [-0.4, -0.2) is 22.9 Å². The highest BCUT2D eigenvalue weighted by atomic mass is 32.2. The van der Waals surface area contributed by atoms with Gasteiger partial charge in [-0.05, 0) is 67.9 Å². The summed E-state index contributed by atoms with van der Waals surface area (Å²) in [4.78, 5) is 12.7. The summed E-state index contributed by atoms with van der Waals surface area (Å²) in [6.45, 7) is 3.59. The SMILES string of the molecule is Cc1ccc(S(=O)(=O)Oc2ccccc2NC(=O)Nc2ccccc2OS(=O)(=O)c2cccc(C)c2)cc1. The van der Waals surface area contributed by atoms with Crippen molar-refractivity contribution in [3.05, 3.63) is 108 Å². The summed E-state index contributed by atoms with van der Waals surface area (Å²) < 4.78 is 61.6. The molecule has 4 aromatic rings. The van der Waals surface area contributed by atoms with Gasteiger partial charge in [-0.1, -0.05) is 54.1 Å². The minimum Gasteiger partial charge on any atom is -0.377 e. The Morgan fingerprint density at radius 3 is 1.61 bits per heavy atom. The first-order chi connectivity index (χ1) is 18.0. The van der Waals surface area contributed by atoms with Crippen LogP contribution in [0.3, 0.4) is 0 Å². The summed E-state index contributed by atoms with van der Waals surface area (Å²) in [5, 5.41) is 5.05. The van der Waals surface area contributed by atoms with Gasteiger partial charge in [0.1, 0.15) is 9.79 Å². The van der Waals surface area contributed by atoms with Crippen LogP contribution in [0.2, 0.25) is 0 Å². The van der Waals surface area contributed by atoms with Crippen molar-refractivity contribution in [1.29, 1.82) is 0 Å².